The fraction of sp³-hybridized carbons (Fsp3) is 0.167. The largest absolute Gasteiger partial charge is 0.457 e. The third-order valence-electron chi connectivity index (χ3n) is 7.49. The first-order chi connectivity index (χ1) is 21.4. The second-order valence-electron chi connectivity index (χ2n) is 10.5. The molecule has 0 bridgehead atoms. The van der Waals surface area contributed by atoms with Gasteiger partial charge in [-0.05, 0) is 58.7 Å². The summed E-state index contributed by atoms with van der Waals surface area (Å²) in [6.45, 7) is 2.30. The topological polar surface area (TPSA) is 93.5 Å². The van der Waals surface area contributed by atoms with E-state index in [0.29, 0.717) is 46.2 Å². The minimum Gasteiger partial charge on any atom is -0.457 e. The first-order valence-electron chi connectivity index (χ1n) is 14.4. The number of imide groups is 1. The molecule has 4 N–H and O–H groups in total. The Balaban J connectivity index is 1.49. The second-order valence-corrected chi connectivity index (χ2v) is 10.9. The molecule has 5 rings (SSSR count). The molecule has 44 heavy (non-hydrogen) atoms. The van der Waals surface area contributed by atoms with Crippen LogP contribution in [0.2, 0.25) is 5.02 Å². The monoisotopic (exact) mass is 609 g/mol. The summed E-state index contributed by atoms with van der Waals surface area (Å²) < 4.78 is 20.5. The van der Waals surface area contributed by atoms with E-state index in [1.54, 1.807) is 42.5 Å². The van der Waals surface area contributed by atoms with E-state index in [9.17, 15) is 14.0 Å². The molecule has 0 spiro atoms. The van der Waals surface area contributed by atoms with E-state index in [4.69, 9.17) is 22.1 Å². The summed E-state index contributed by atoms with van der Waals surface area (Å²) in [7, 11) is 0. The number of hydrogen-bond acceptors (Lipinski definition) is 5. The quantitative estimate of drug-likeness (QED) is 0.147. The van der Waals surface area contributed by atoms with Crippen LogP contribution in [0.1, 0.15) is 41.5 Å². The van der Waals surface area contributed by atoms with Crippen molar-refractivity contribution >= 4 is 34.2 Å². The number of ether oxygens (including phenoxy) is 1. The summed E-state index contributed by atoms with van der Waals surface area (Å²) in [5.41, 5.74) is 8.35. The molecule has 2 amide bonds. The molecular formula is C36H33ClFN3O3. The maximum absolute atomic E-state index is 14.2. The minimum atomic E-state index is -0.919. The molecule has 2 atom stereocenters. The number of benzene rings is 5. The number of rotatable bonds is 11. The molecule has 2 unspecified atom stereocenters. The lowest BCUT2D eigenvalue weighted by Crippen LogP contribution is -2.47. The van der Waals surface area contributed by atoms with Gasteiger partial charge < -0.3 is 15.8 Å². The second kappa shape index (κ2) is 14.3. The highest BCUT2D eigenvalue weighted by Crippen LogP contribution is 2.38. The maximum Gasteiger partial charge on any atom is 0.243 e. The molecule has 0 heterocycles. The Morgan fingerprint density at radius 1 is 0.864 bits per heavy atom. The van der Waals surface area contributed by atoms with Crippen molar-refractivity contribution in [2.45, 2.75) is 38.4 Å². The third-order valence-corrected chi connectivity index (χ3v) is 7.72. The van der Waals surface area contributed by atoms with Crippen LogP contribution in [0, 0.1) is 5.82 Å². The van der Waals surface area contributed by atoms with E-state index < -0.39 is 23.8 Å². The molecule has 0 fully saturated rings. The number of carbonyl (C=O) groups excluding carboxylic acids is 2. The van der Waals surface area contributed by atoms with Crippen LogP contribution in [0.4, 0.5) is 4.39 Å². The SMILES string of the molecule is CCC(NCc1ccccc1F)C(=O)NC(=O)C(c1ccc2ccccc2c1)c1ccc(Cl)cc1Oc1cccc(CN)c1. The molecule has 0 aliphatic carbocycles. The highest BCUT2D eigenvalue weighted by Gasteiger charge is 2.30. The molecule has 5 aromatic carbocycles. The van der Waals surface area contributed by atoms with Gasteiger partial charge in [-0.15, -0.1) is 0 Å². The Labute approximate surface area is 261 Å². The molecule has 0 saturated heterocycles. The number of nitrogens with one attached hydrogen (secondary N) is 2. The van der Waals surface area contributed by atoms with E-state index in [1.165, 1.54) is 6.07 Å². The van der Waals surface area contributed by atoms with Crippen LogP contribution in [-0.4, -0.2) is 17.9 Å². The summed E-state index contributed by atoms with van der Waals surface area (Å²) >= 11 is 6.40. The van der Waals surface area contributed by atoms with E-state index in [0.717, 1.165) is 16.3 Å². The molecule has 0 aliphatic rings. The lowest BCUT2D eigenvalue weighted by Gasteiger charge is -2.23. The Kier molecular flexibility index (Phi) is 10.0. The lowest BCUT2D eigenvalue weighted by molar-refractivity contribution is -0.132. The summed E-state index contributed by atoms with van der Waals surface area (Å²) in [5.74, 6) is -1.41. The summed E-state index contributed by atoms with van der Waals surface area (Å²) in [5, 5.41) is 8.08. The van der Waals surface area contributed by atoms with Gasteiger partial charge in [0.25, 0.3) is 0 Å². The van der Waals surface area contributed by atoms with Crippen LogP contribution in [0.5, 0.6) is 11.5 Å². The van der Waals surface area contributed by atoms with Crippen molar-refractivity contribution in [1.82, 2.24) is 10.6 Å². The first kappa shape index (κ1) is 30.9. The van der Waals surface area contributed by atoms with Gasteiger partial charge in [0.1, 0.15) is 17.3 Å². The van der Waals surface area contributed by atoms with Crippen molar-refractivity contribution in [1.29, 1.82) is 0 Å². The maximum atomic E-state index is 14.2. The molecule has 6 nitrogen and oxygen atoms in total. The number of hydrogen-bond donors (Lipinski definition) is 3. The predicted octanol–water partition coefficient (Wildman–Crippen LogP) is 7.23. The number of halogens is 2. The number of fused-ring (bicyclic) bond motifs is 1. The van der Waals surface area contributed by atoms with Gasteiger partial charge in [0.05, 0.1) is 12.0 Å². The van der Waals surface area contributed by atoms with Crippen molar-refractivity contribution in [3.05, 3.63) is 142 Å². The van der Waals surface area contributed by atoms with E-state index in [2.05, 4.69) is 10.6 Å². The number of nitrogens with two attached hydrogens (primary N) is 1. The molecule has 5 aromatic rings. The smallest absolute Gasteiger partial charge is 0.243 e. The van der Waals surface area contributed by atoms with Crippen LogP contribution < -0.4 is 21.1 Å². The van der Waals surface area contributed by atoms with Gasteiger partial charge >= 0.3 is 0 Å². The highest BCUT2D eigenvalue weighted by atomic mass is 35.5. The number of carbonyl (C=O) groups is 2. The van der Waals surface area contributed by atoms with Crippen LogP contribution >= 0.6 is 11.6 Å². The van der Waals surface area contributed by atoms with E-state index in [1.807, 2.05) is 67.6 Å². The zero-order valence-corrected chi connectivity index (χ0v) is 25.0. The van der Waals surface area contributed by atoms with Crippen molar-refractivity contribution in [3.8, 4) is 11.5 Å². The Morgan fingerprint density at radius 2 is 1.64 bits per heavy atom. The van der Waals surface area contributed by atoms with Gasteiger partial charge in [-0.25, -0.2) is 4.39 Å². The van der Waals surface area contributed by atoms with Crippen LogP contribution in [-0.2, 0) is 22.7 Å². The Morgan fingerprint density at radius 3 is 2.41 bits per heavy atom. The normalized spacial score (nSPS) is 12.5. The van der Waals surface area contributed by atoms with Gasteiger partial charge in [-0.3, -0.25) is 14.9 Å². The van der Waals surface area contributed by atoms with Gasteiger partial charge in [-0.2, -0.15) is 0 Å². The van der Waals surface area contributed by atoms with Crippen LogP contribution in [0.3, 0.4) is 0 Å². The van der Waals surface area contributed by atoms with Crippen molar-refractivity contribution in [2.75, 3.05) is 0 Å². The Hall–Kier alpha value is -4.56. The van der Waals surface area contributed by atoms with Crippen molar-refractivity contribution in [2.24, 2.45) is 5.73 Å². The van der Waals surface area contributed by atoms with Crippen molar-refractivity contribution in [3.63, 3.8) is 0 Å². The van der Waals surface area contributed by atoms with Crippen LogP contribution in [0.25, 0.3) is 10.8 Å². The average molecular weight is 610 g/mol. The lowest BCUT2D eigenvalue weighted by atomic mass is 9.88. The number of amides is 2. The molecular weight excluding hydrogens is 577 g/mol. The standard InChI is InChI=1S/C36H33ClFN3O3/c1-2-32(40-22-27-11-5-6-13-31(27)38)35(42)41-36(43)34(26-15-14-24-9-3-4-10-25(24)19-26)30-17-16-28(37)20-33(30)44-29-12-7-8-23(18-29)21-39/h3-20,32,34,40H,2,21-22,39H2,1H3,(H,41,42,43). The Bertz CT molecular complexity index is 1790. The minimum absolute atomic E-state index is 0.137. The fourth-order valence-corrected chi connectivity index (χ4v) is 5.30. The predicted molar refractivity (Wildman–Crippen MR) is 172 cm³/mol. The van der Waals surface area contributed by atoms with E-state index >= 15 is 0 Å². The zero-order valence-electron chi connectivity index (χ0n) is 24.2. The molecule has 0 aromatic heterocycles. The molecule has 8 heteroatoms. The van der Waals surface area contributed by atoms with Crippen molar-refractivity contribution < 1.29 is 18.7 Å². The summed E-state index contributed by atoms with van der Waals surface area (Å²) in [6.07, 6.45) is 0.390. The van der Waals surface area contributed by atoms with Gasteiger partial charge in [0.15, 0.2) is 0 Å². The molecule has 224 valence electrons. The summed E-state index contributed by atoms with van der Waals surface area (Å²) in [6, 6.07) is 31.7. The van der Waals surface area contributed by atoms with Crippen LogP contribution in [0.15, 0.2) is 109 Å². The average Bonchev–Trinajstić information content (AvgIpc) is 3.03. The first-order valence-corrected chi connectivity index (χ1v) is 14.8. The van der Waals surface area contributed by atoms with Gasteiger partial charge in [-0.1, -0.05) is 97.4 Å². The van der Waals surface area contributed by atoms with Gasteiger partial charge in [0.2, 0.25) is 11.8 Å². The highest BCUT2D eigenvalue weighted by molar-refractivity contribution is 6.30. The molecule has 0 saturated carbocycles. The third kappa shape index (κ3) is 7.32. The zero-order chi connectivity index (χ0) is 31.1. The van der Waals surface area contributed by atoms with Gasteiger partial charge in [0, 0.05) is 29.2 Å². The molecule has 0 radical (unpaired) electrons. The summed E-state index contributed by atoms with van der Waals surface area (Å²) in [4.78, 5) is 27.5. The molecule has 0 aliphatic heterocycles. The fourth-order valence-electron chi connectivity index (χ4n) is 5.14. The van der Waals surface area contributed by atoms with E-state index in [-0.39, 0.29) is 12.4 Å².